The standard InChI is InChI=1S/C31H51N5O6/c1-29(2,3)20(16-42-7)34-28(41)35-24(31(6)12-8-9-13-31)27(40)36-15-18-21(30(18,4)5)22(36)26(39)33-19(14-17-10-11-17)23(37)25(32)38/h17-22,24H,8-16H2,1-7H3,(H2,32,38)(H,33,39)(H2,34,35,41)/t18-,19?,20+,21-,22-,24+/m0/s1. The summed E-state index contributed by atoms with van der Waals surface area (Å²) >= 11 is 0. The third-order valence-electron chi connectivity index (χ3n) is 10.6. The number of nitrogens with two attached hydrogens (primary N) is 1. The van der Waals surface area contributed by atoms with Crippen LogP contribution in [0.2, 0.25) is 0 Å². The molecular formula is C31H51N5O6. The van der Waals surface area contributed by atoms with Gasteiger partial charge in [-0.05, 0) is 53.3 Å². The monoisotopic (exact) mass is 589 g/mol. The van der Waals surface area contributed by atoms with Crippen molar-refractivity contribution in [3.63, 3.8) is 0 Å². The Labute approximate surface area is 249 Å². The summed E-state index contributed by atoms with van der Waals surface area (Å²) < 4.78 is 5.34. The van der Waals surface area contributed by atoms with E-state index in [1.54, 1.807) is 12.0 Å². The zero-order chi connectivity index (χ0) is 31.2. The molecule has 6 atom stereocenters. The van der Waals surface area contributed by atoms with Gasteiger partial charge in [0.1, 0.15) is 12.1 Å². The Hall–Kier alpha value is -2.69. The van der Waals surface area contributed by atoms with Crippen LogP contribution in [0.4, 0.5) is 4.79 Å². The Morgan fingerprint density at radius 2 is 1.62 bits per heavy atom. The maximum absolute atomic E-state index is 14.4. The van der Waals surface area contributed by atoms with Crippen molar-refractivity contribution in [2.75, 3.05) is 20.3 Å². The van der Waals surface area contributed by atoms with Gasteiger partial charge in [-0.2, -0.15) is 0 Å². The molecule has 4 aliphatic rings. The first-order valence-corrected chi connectivity index (χ1v) is 15.5. The van der Waals surface area contributed by atoms with Crippen LogP contribution in [0, 0.1) is 34.0 Å². The van der Waals surface area contributed by atoms with Crippen molar-refractivity contribution in [1.29, 1.82) is 0 Å². The summed E-state index contributed by atoms with van der Waals surface area (Å²) in [5.74, 6) is -2.28. The van der Waals surface area contributed by atoms with Crippen molar-refractivity contribution in [2.45, 2.75) is 111 Å². The van der Waals surface area contributed by atoms with Gasteiger partial charge in [0, 0.05) is 13.7 Å². The van der Waals surface area contributed by atoms with E-state index in [-0.39, 0.29) is 40.5 Å². The smallest absolute Gasteiger partial charge is 0.315 e. The Kier molecular flexibility index (Phi) is 9.03. The van der Waals surface area contributed by atoms with Crippen LogP contribution in [0.25, 0.3) is 0 Å². The van der Waals surface area contributed by atoms with E-state index in [9.17, 15) is 24.0 Å². The first kappa shape index (κ1) is 32.2. The van der Waals surface area contributed by atoms with Gasteiger partial charge in [0.05, 0.1) is 18.7 Å². The summed E-state index contributed by atoms with van der Waals surface area (Å²) in [6, 6.07) is -3.34. The van der Waals surface area contributed by atoms with E-state index < -0.39 is 47.2 Å². The number of primary amides is 1. The molecule has 1 unspecified atom stereocenters. The lowest BCUT2D eigenvalue weighted by Gasteiger charge is -2.40. The van der Waals surface area contributed by atoms with Crippen LogP contribution in [-0.4, -0.2) is 78.9 Å². The highest BCUT2D eigenvalue weighted by molar-refractivity contribution is 6.37. The molecule has 42 heavy (non-hydrogen) atoms. The lowest BCUT2D eigenvalue weighted by molar-refractivity contribution is -0.145. The summed E-state index contributed by atoms with van der Waals surface area (Å²) in [6.45, 7) is 13.0. The second-order valence-corrected chi connectivity index (χ2v) is 15.1. The normalized spacial score (nSPS) is 27.8. The number of amides is 5. The van der Waals surface area contributed by atoms with Gasteiger partial charge in [0.2, 0.25) is 17.6 Å². The van der Waals surface area contributed by atoms with E-state index in [1.807, 2.05) is 27.7 Å². The largest absolute Gasteiger partial charge is 0.383 e. The molecule has 1 heterocycles. The first-order valence-electron chi connectivity index (χ1n) is 15.5. The summed E-state index contributed by atoms with van der Waals surface area (Å²) in [6.07, 6.45) is 5.73. The molecule has 5 amide bonds. The van der Waals surface area contributed by atoms with Crippen LogP contribution in [0.3, 0.4) is 0 Å². The third-order valence-corrected chi connectivity index (χ3v) is 10.6. The second-order valence-electron chi connectivity index (χ2n) is 15.1. The van der Waals surface area contributed by atoms with Gasteiger partial charge < -0.3 is 31.3 Å². The second kappa shape index (κ2) is 11.8. The summed E-state index contributed by atoms with van der Waals surface area (Å²) in [7, 11) is 1.59. The minimum Gasteiger partial charge on any atom is -0.383 e. The van der Waals surface area contributed by atoms with Gasteiger partial charge >= 0.3 is 6.03 Å². The number of likely N-dealkylation sites (tertiary alicyclic amines) is 1. The molecule has 5 N–H and O–H groups in total. The Morgan fingerprint density at radius 3 is 2.14 bits per heavy atom. The molecule has 0 radical (unpaired) electrons. The molecule has 4 fully saturated rings. The minimum absolute atomic E-state index is 0.0791. The van der Waals surface area contributed by atoms with Crippen LogP contribution >= 0.6 is 0 Å². The number of hydrogen-bond donors (Lipinski definition) is 4. The number of rotatable bonds is 12. The molecule has 0 spiro atoms. The van der Waals surface area contributed by atoms with E-state index in [1.165, 1.54) is 0 Å². The quantitative estimate of drug-likeness (QED) is 0.255. The van der Waals surface area contributed by atoms with Crippen LogP contribution in [-0.2, 0) is 23.9 Å². The molecule has 236 valence electrons. The van der Waals surface area contributed by atoms with Crippen LogP contribution in [0.15, 0.2) is 0 Å². The highest BCUT2D eigenvalue weighted by Crippen LogP contribution is 2.65. The molecule has 3 saturated carbocycles. The number of nitrogens with one attached hydrogen (secondary N) is 3. The van der Waals surface area contributed by atoms with E-state index in [4.69, 9.17) is 10.5 Å². The molecule has 11 nitrogen and oxygen atoms in total. The van der Waals surface area contributed by atoms with Crippen molar-refractivity contribution in [1.82, 2.24) is 20.9 Å². The highest BCUT2D eigenvalue weighted by atomic mass is 16.5. The number of Topliss-reactive ketones (excluding diaryl/α,β-unsaturated/α-hetero) is 1. The number of fused-ring (bicyclic) bond motifs is 1. The lowest BCUT2D eigenvalue weighted by atomic mass is 9.79. The van der Waals surface area contributed by atoms with Crippen molar-refractivity contribution < 1.29 is 28.7 Å². The Balaban J connectivity index is 1.57. The molecular weight excluding hydrogens is 538 g/mol. The molecule has 1 aliphatic heterocycles. The van der Waals surface area contributed by atoms with Gasteiger partial charge in [-0.3, -0.25) is 19.2 Å². The molecule has 4 rings (SSSR count). The van der Waals surface area contributed by atoms with Crippen LogP contribution < -0.4 is 21.7 Å². The zero-order valence-corrected chi connectivity index (χ0v) is 26.4. The number of ether oxygens (including phenoxy) is 1. The summed E-state index contributed by atoms with van der Waals surface area (Å²) in [5.41, 5.74) is 4.43. The summed E-state index contributed by atoms with van der Waals surface area (Å²) in [5, 5.41) is 8.83. The summed E-state index contributed by atoms with van der Waals surface area (Å²) in [4.78, 5) is 67.7. The van der Waals surface area contributed by atoms with E-state index in [0.717, 1.165) is 38.5 Å². The number of urea groups is 1. The Bertz CT molecular complexity index is 1090. The lowest BCUT2D eigenvalue weighted by Crippen LogP contribution is -2.63. The average Bonchev–Trinajstić information content (AvgIpc) is 3.64. The van der Waals surface area contributed by atoms with Gasteiger partial charge in [-0.15, -0.1) is 0 Å². The fraction of sp³-hybridized carbons (Fsp3) is 0.839. The molecule has 11 heteroatoms. The molecule has 0 aromatic carbocycles. The van der Waals surface area contributed by atoms with Crippen LogP contribution in [0.5, 0.6) is 0 Å². The fourth-order valence-electron chi connectivity index (χ4n) is 7.34. The molecule has 0 aromatic heterocycles. The predicted molar refractivity (Wildman–Crippen MR) is 157 cm³/mol. The number of carbonyl (C=O) groups excluding carboxylic acids is 5. The Morgan fingerprint density at radius 1 is 1.00 bits per heavy atom. The van der Waals surface area contributed by atoms with Crippen molar-refractivity contribution >= 4 is 29.5 Å². The molecule has 1 saturated heterocycles. The van der Waals surface area contributed by atoms with E-state index in [0.29, 0.717) is 19.6 Å². The number of nitrogens with zero attached hydrogens (tertiary/aromatic N) is 1. The SMILES string of the molecule is COC[C@@H](NC(=O)N[C@H](C(=O)N1C[C@H]2[C@@H]([C@H]1C(=O)NC(CC1CC1)C(=O)C(N)=O)C2(C)C)C1(C)CCCC1)C(C)(C)C. The predicted octanol–water partition coefficient (Wildman–Crippen LogP) is 2.12. The topological polar surface area (TPSA) is 160 Å². The zero-order valence-electron chi connectivity index (χ0n) is 26.4. The highest BCUT2D eigenvalue weighted by Gasteiger charge is 2.70. The fourth-order valence-corrected chi connectivity index (χ4v) is 7.34. The average molecular weight is 590 g/mol. The first-order chi connectivity index (χ1) is 19.5. The maximum Gasteiger partial charge on any atom is 0.315 e. The number of piperidine rings is 1. The van der Waals surface area contributed by atoms with E-state index in [2.05, 4.69) is 29.8 Å². The van der Waals surface area contributed by atoms with Crippen molar-refractivity contribution in [3.8, 4) is 0 Å². The minimum atomic E-state index is -1.07. The van der Waals surface area contributed by atoms with E-state index >= 15 is 0 Å². The number of methoxy groups -OCH3 is 1. The molecule has 0 aromatic rings. The van der Waals surface area contributed by atoms with Crippen LogP contribution in [0.1, 0.15) is 86.5 Å². The number of hydrogen-bond acceptors (Lipinski definition) is 6. The van der Waals surface area contributed by atoms with Gasteiger partial charge in [-0.1, -0.05) is 67.2 Å². The maximum atomic E-state index is 14.4. The van der Waals surface area contributed by atoms with Gasteiger partial charge in [0.15, 0.2) is 0 Å². The number of carbonyl (C=O) groups is 5. The molecule has 3 aliphatic carbocycles. The van der Waals surface area contributed by atoms with Gasteiger partial charge in [-0.25, -0.2) is 4.79 Å². The van der Waals surface area contributed by atoms with Gasteiger partial charge in [0.25, 0.3) is 5.91 Å². The van der Waals surface area contributed by atoms with Crippen molar-refractivity contribution in [2.24, 2.45) is 39.7 Å². The molecule has 0 bridgehead atoms. The van der Waals surface area contributed by atoms with Crippen molar-refractivity contribution in [3.05, 3.63) is 0 Å². The third kappa shape index (κ3) is 6.60. The number of ketones is 1.